The Morgan fingerprint density at radius 3 is 2.72 bits per heavy atom. The van der Waals surface area contributed by atoms with Crippen LogP contribution in [-0.2, 0) is 4.74 Å². The lowest BCUT2D eigenvalue weighted by Crippen LogP contribution is -2.39. The molecule has 0 saturated carbocycles. The average Bonchev–Trinajstić information content (AvgIpc) is 2.35. The second-order valence-electron chi connectivity index (χ2n) is 3.33. The van der Waals surface area contributed by atoms with Crippen molar-refractivity contribution in [3.8, 4) is 0 Å². The van der Waals surface area contributed by atoms with Crippen LogP contribution in [-0.4, -0.2) is 45.8 Å². The number of halogens is 2. The molecule has 1 unspecified atom stereocenters. The Balaban J connectivity index is 3.16. The van der Waals surface area contributed by atoms with E-state index in [0.29, 0.717) is 0 Å². The fraction of sp³-hybridized carbons (Fsp3) is 0.556. The molecule has 7 nitrogen and oxygen atoms in total. The monoisotopic (exact) mass is 374 g/mol. The van der Waals surface area contributed by atoms with Crippen LogP contribution in [0.25, 0.3) is 0 Å². The third-order valence-electron chi connectivity index (χ3n) is 2.06. The van der Waals surface area contributed by atoms with Crippen molar-refractivity contribution in [2.45, 2.75) is 12.4 Å². The smallest absolute Gasteiger partial charge is 0.330 e. The van der Waals surface area contributed by atoms with Crippen LogP contribution in [0.2, 0.25) is 0 Å². The van der Waals surface area contributed by atoms with E-state index in [1.54, 1.807) is 22.6 Å². The molecule has 1 aromatic rings. The number of aromatic amines is 1. The molecule has 1 aromatic heterocycles. The predicted octanol–water partition coefficient (Wildman–Crippen LogP) is -1.02. The standard InChI is InChI=1S/C9H12FIN2O5/c10-5(4-15)8(18-2-1-14)13-3-6(11)7(16)12-9(13)17/h3,5,8,14-15H,1-2,4H2,(H,12,16,17)/t5?,8-/m1/s1. The summed E-state index contributed by atoms with van der Waals surface area (Å²) in [5.74, 6) is 0. The van der Waals surface area contributed by atoms with Gasteiger partial charge in [0.25, 0.3) is 5.56 Å². The van der Waals surface area contributed by atoms with E-state index in [0.717, 1.165) is 10.8 Å². The van der Waals surface area contributed by atoms with Gasteiger partial charge in [0.1, 0.15) is 0 Å². The maximum atomic E-state index is 13.5. The molecule has 102 valence electrons. The summed E-state index contributed by atoms with van der Waals surface area (Å²) < 4.78 is 19.5. The van der Waals surface area contributed by atoms with Gasteiger partial charge in [-0.2, -0.15) is 0 Å². The Hall–Kier alpha value is -0.780. The SMILES string of the molecule is O=c1[nH]c(=O)n([C@H](OCCO)C(F)CO)cc1I. The molecule has 0 spiro atoms. The van der Waals surface area contributed by atoms with Gasteiger partial charge in [-0.15, -0.1) is 0 Å². The first-order valence-corrected chi connectivity index (χ1v) is 6.07. The number of hydrogen-bond donors (Lipinski definition) is 3. The van der Waals surface area contributed by atoms with E-state index in [9.17, 15) is 14.0 Å². The van der Waals surface area contributed by atoms with E-state index in [4.69, 9.17) is 14.9 Å². The van der Waals surface area contributed by atoms with Crippen molar-refractivity contribution >= 4 is 22.6 Å². The van der Waals surface area contributed by atoms with Crippen molar-refractivity contribution in [1.29, 1.82) is 0 Å². The van der Waals surface area contributed by atoms with Gasteiger partial charge in [0.15, 0.2) is 12.4 Å². The number of hydrogen-bond acceptors (Lipinski definition) is 5. The van der Waals surface area contributed by atoms with Crippen LogP contribution in [0.3, 0.4) is 0 Å². The van der Waals surface area contributed by atoms with Gasteiger partial charge < -0.3 is 14.9 Å². The van der Waals surface area contributed by atoms with Crippen molar-refractivity contribution in [2.24, 2.45) is 0 Å². The highest BCUT2D eigenvalue weighted by molar-refractivity contribution is 14.1. The maximum Gasteiger partial charge on any atom is 0.330 e. The summed E-state index contributed by atoms with van der Waals surface area (Å²) in [7, 11) is 0. The van der Waals surface area contributed by atoms with Crippen molar-refractivity contribution in [1.82, 2.24) is 9.55 Å². The van der Waals surface area contributed by atoms with Gasteiger partial charge in [0, 0.05) is 6.20 Å². The minimum atomic E-state index is -1.85. The van der Waals surface area contributed by atoms with Crippen LogP contribution in [0.15, 0.2) is 15.8 Å². The van der Waals surface area contributed by atoms with Crippen molar-refractivity contribution in [3.05, 3.63) is 30.6 Å². The highest BCUT2D eigenvalue weighted by atomic mass is 127. The van der Waals surface area contributed by atoms with Gasteiger partial charge in [-0.25, -0.2) is 9.18 Å². The van der Waals surface area contributed by atoms with Crippen LogP contribution < -0.4 is 11.2 Å². The Bertz CT molecular complexity index is 502. The minimum absolute atomic E-state index is 0.176. The van der Waals surface area contributed by atoms with E-state index >= 15 is 0 Å². The second-order valence-corrected chi connectivity index (χ2v) is 4.49. The summed E-state index contributed by atoms with van der Waals surface area (Å²) in [6.07, 6.45) is -2.12. The summed E-state index contributed by atoms with van der Waals surface area (Å²) in [6, 6.07) is 0. The Morgan fingerprint density at radius 1 is 1.50 bits per heavy atom. The Morgan fingerprint density at radius 2 is 2.17 bits per heavy atom. The lowest BCUT2D eigenvalue weighted by atomic mass is 10.3. The topological polar surface area (TPSA) is 105 Å². The molecule has 3 N–H and O–H groups in total. The number of aliphatic hydroxyl groups is 2. The number of H-pyrrole nitrogens is 1. The molecular weight excluding hydrogens is 362 g/mol. The molecule has 9 heteroatoms. The molecule has 0 bridgehead atoms. The lowest BCUT2D eigenvalue weighted by molar-refractivity contribution is -0.0774. The molecule has 18 heavy (non-hydrogen) atoms. The van der Waals surface area contributed by atoms with Gasteiger partial charge in [-0.1, -0.05) is 0 Å². The quantitative estimate of drug-likeness (QED) is 0.553. The molecule has 0 radical (unpaired) electrons. The number of ether oxygens (including phenoxy) is 1. The van der Waals surface area contributed by atoms with E-state index < -0.39 is 30.3 Å². The molecule has 0 aliphatic heterocycles. The first-order valence-electron chi connectivity index (χ1n) is 4.99. The Kier molecular flexibility index (Phi) is 5.91. The molecule has 0 aromatic carbocycles. The summed E-state index contributed by atoms with van der Waals surface area (Å²) in [6.45, 7) is -1.41. The van der Waals surface area contributed by atoms with E-state index in [2.05, 4.69) is 0 Å². The zero-order valence-electron chi connectivity index (χ0n) is 9.18. The highest BCUT2D eigenvalue weighted by Gasteiger charge is 2.24. The van der Waals surface area contributed by atoms with Gasteiger partial charge in [-0.05, 0) is 22.6 Å². The van der Waals surface area contributed by atoms with Crippen molar-refractivity contribution < 1.29 is 19.3 Å². The summed E-state index contributed by atoms with van der Waals surface area (Å²) >= 11 is 1.68. The van der Waals surface area contributed by atoms with Crippen molar-refractivity contribution in [3.63, 3.8) is 0 Å². The maximum absolute atomic E-state index is 13.5. The summed E-state index contributed by atoms with van der Waals surface area (Å²) in [5, 5.41) is 17.4. The normalized spacial score (nSPS) is 14.4. The van der Waals surface area contributed by atoms with E-state index in [1.165, 1.54) is 0 Å². The number of rotatable bonds is 6. The minimum Gasteiger partial charge on any atom is -0.394 e. The second kappa shape index (κ2) is 6.97. The summed E-state index contributed by atoms with van der Waals surface area (Å²) in [4.78, 5) is 24.7. The zero-order valence-corrected chi connectivity index (χ0v) is 11.3. The summed E-state index contributed by atoms with van der Waals surface area (Å²) in [5.41, 5.74) is -1.43. The van der Waals surface area contributed by atoms with Crippen LogP contribution in [0.5, 0.6) is 0 Å². The molecule has 0 aliphatic carbocycles. The number of aliphatic hydroxyl groups excluding tert-OH is 2. The van der Waals surface area contributed by atoms with Crippen LogP contribution >= 0.6 is 22.6 Å². The first-order chi connectivity index (χ1) is 8.51. The molecular formula is C9H12FIN2O5. The molecule has 1 heterocycles. The first kappa shape index (κ1) is 15.3. The third-order valence-corrected chi connectivity index (χ3v) is 2.83. The molecule has 0 saturated heterocycles. The van der Waals surface area contributed by atoms with E-state index in [1.807, 2.05) is 4.98 Å². The van der Waals surface area contributed by atoms with Gasteiger partial charge in [0.2, 0.25) is 0 Å². The van der Waals surface area contributed by atoms with Crippen molar-refractivity contribution in [2.75, 3.05) is 19.8 Å². The number of aromatic nitrogens is 2. The van der Waals surface area contributed by atoms with E-state index in [-0.39, 0.29) is 16.8 Å². The molecule has 0 aliphatic rings. The third kappa shape index (κ3) is 3.60. The van der Waals surface area contributed by atoms with Gasteiger partial charge in [-0.3, -0.25) is 14.3 Å². The largest absolute Gasteiger partial charge is 0.394 e. The fourth-order valence-electron chi connectivity index (χ4n) is 1.27. The molecule has 0 amide bonds. The lowest BCUT2D eigenvalue weighted by Gasteiger charge is -2.22. The number of alkyl halides is 1. The van der Waals surface area contributed by atoms with Gasteiger partial charge in [0.05, 0.1) is 23.4 Å². The van der Waals surface area contributed by atoms with Crippen LogP contribution in [0, 0.1) is 3.57 Å². The Labute approximate surface area is 114 Å². The van der Waals surface area contributed by atoms with Crippen LogP contribution in [0.4, 0.5) is 4.39 Å². The molecule has 0 fully saturated rings. The molecule has 2 atom stereocenters. The van der Waals surface area contributed by atoms with Crippen LogP contribution in [0.1, 0.15) is 6.23 Å². The molecule has 1 rings (SSSR count). The zero-order chi connectivity index (χ0) is 13.7. The highest BCUT2D eigenvalue weighted by Crippen LogP contribution is 2.14. The number of nitrogens with one attached hydrogen (secondary N) is 1. The predicted molar refractivity (Wildman–Crippen MR) is 68.1 cm³/mol. The number of nitrogens with zero attached hydrogens (tertiary/aromatic N) is 1. The van der Waals surface area contributed by atoms with Gasteiger partial charge >= 0.3 is 5.69 Å². The fourth-order valence-corrected chi connectivity index (χ4v) is 1.71. The average molecular weight is 374 g/mol.